The summed E-state index contributed by atoms with van der Waals surface area (Å²) in [6.45, 7) is 2.84. The van der Waals surface area contributed by atoms with Crippen LogP contribution >= 0.6 is 0 Å². The number of ether oxygens (including phenoxy) is 1. The van der Waals surface area contributed by atoms with Crippen LogP contribution in [-0.2, 0) is 4.74 Å². The van der Waals surface area contributed by atoms with Crippen molar-refractivity contribution in [3.05, 3.63) is 48.6 Å². The normalized spacial score (nSPS) is 16.2. The summed E-state index contributed by atoms with van der Waals surface area (Å²) >= 11 is 0. The Labute approximate surface area is 101 Å². The molecule has 3 N–H and O–H groups in total. The van der Waals surface area contributed by atoms with E-state index >= 15 is 0 Å². The van der Waals surface area contributed by atoms with Crippen LogP contribution in [0.15, 0.2) is 43.0 Å². The molecule has 0 saturated heterocycles. The van der Waals surface area contributed by atoms with E-state index in [2.05, 4.69) is 6.58 Å². The zero-order valence-electron chi connectivity index (χ0n) is 9.57. The van der Waals surface area contributed by atoms with Crippen LogP contribution in [0.2, 0.25) is 0 Å². The molecule has 1 aromatic rings. The van der Waals surface area contributed by atoms with Gasteiger partial charge in [-0.15, -0.1) is 6.58 Å². The third-order valence-electron chi connectivity index (χ3n) is 2.46. The first kappa shape index (κ1) is 13.9. The summed E-state index contributed by atoms with van der Waals surface area (Å²) < 4.78 is 5.51. The Hall–Kier alpha value is -1.20. The molecule has 94 valence electrons. The van der Waals surface area contributed by atoms with Crippen LogP contribution in [0.25, 0.3) is 0 Å². The van der Waals surface area contributed by atoms with Crippen LogP contribution in [0.5, 0.6) is 0 Å². The molecular weight excluding hydrogens is 220 g/mol. The summed E-state index contributed by atoms with van der Waals surface area (Å²) in [6.07, 6.45) is -0.772. The number of hydrogen-bond acceptors (Lipinski definition) is 4. The second-order valence-corrected chi connectivity index (χ2v) is 3.67. The SMILES string of the molecule is C=CC(O[C@@H](CO)[C@H](O)CO)c1ccccc1. The molecule has 4 heteroatoms. The lowest BCUT2D eigenvalue weighted by atomic mass is 10.1. The first-order valence-corrected chi connectivity index (χ1v) is 5.45. The summed E-state index contributed by atoms with van der Waals surface area (Å²) in [5, 5.41) is 27.4. The molecule has 0 bridgehead atoms. The number of aliphatic hydroxyl groups is 3. The van der Waals surface area contributed by atoms with Gasteiger partial charge in [-0.25, -0.2) is 0 Å². The van der Waals surface area contributed by atoms with Crippen molar-refractivity contribution in [2.75, 3.05) is 13.2 Å². The van der Waals surface area contributed by atoms with E-state index < -0.39 is 24.9 Å². The maximum atomic E-state index is 9.44. The molecule has 1 unspecified atom stereocenters. The Kier molecular flexibility index (Phi) is 5.86. The monoisotopic (exact) mass is 238 g/mol. The highest BCUT2D eigenvalue weighted by Gasteiger charge is 2.22. The molecular formula is C13H18O4. The third-order valence-corrected chi connectivity index (χ3v) is 2.46. The Morgan fingerprint density at radius 1 is 1.18 bits per heavy atom. The molecule has 0 heterocycles. The lowest BCUT2D eigenvalue weighted by molar-refractivity contribution is -0.0988. The van der Waals surface area contributed by atoms with Crippen LogP contribution in [0.1, 0.15) is 11.7 Å². The number of rotatable bonds is 7. The largest absolute Gasteiger partial charge is 0.394 e. The van der Waals surface area contributed by atoms with E-state index in [1.165, 1.54) is 0 Å². The predicted octanol–water partition coefficient (Wildman–Crippen LogP) is 0.644. The number of hydrogen-bond donors (Lipinski definition) is 3. The molecule has 0 amide bonds. The van der Waals surface area contributed by atoms with E-state index in [1.807, 2.05) is 30.3 Å². The molecule has 4 nitrogen and oxygen atoms in total. The summed E-state index contributed by atoms with van der Waals surface area (Å²) in [5.74, 6) is 0. The Morgan fingerprint density at radius 3 is 2.29 bits per heavy atom. The highest BCUT2D eigenvalue weighted by atomic mass is 16.5. The van der Waals surface area contributed by atoms with Crippen molar-refractivity contribution >= 4 is 0 Å². The fourth-order valence-corrected chi connectivity index (χ4v) is 1.47. The standard InChI is InChI=1S/C13H18O4/c1-2-12(10-6-4-3-5-7-10)17-13(9-15)11(16)8-14/h2-7,11-16H,1,8-9H2/t11-,12?,13+/m1/s1. The zero-order valence-corrected chi connectivity index (χ0v) is 9.57. The Morgan fingerprint density at radius 2 is 1.82 bits per heavy atom. The molecule has 0 saturated carbocycles. The van der Waals surface area contributed by atoms with Crippen molar-refractivity contribution in [1.82, 2.24) is 0 Å². The smallest absolute Gasteiger partial charge is 0.110 e. The van der Waals surface area contributed by atoms with Crippen LogP contribution in [-0.4, -0.2) is 40.7 Å². The summed E-state index contributed by atoms with van der Waals surface area (Å²) in [7, 11) is 0. The average Bonchev–Trinajstić information content (AvgIpc) is 2.40. The maximum absolute atomic E-state index is 9.44. The highest BCUT2D eigenvalue weighted by Crippen LogP contribution is 2.20. The van der Waals surface area contributed by atoms with Gasteiger partial charge in [0.05, 0.1) is 13.2 Å². The average molecular weight is 238 g/mol. The van der Waals surface area contributed by atoms with Gasteiger partial charge in [-0.3, -0.25) is 0 Å². The maximum Gasteiger partial charge on any atom is 0.110 e. The van der Waals surface area contributed by atoms with Crippen molar-refractivity contribution in [2.24, 2.45) is 0 Å². The number of aliphatic hydroxyl groups excluding tert-OH is 3. The summed E-state index contributed by atoms with van der Waals surface area (Å²) in [5.41, 5.74) is 0.881. The van der Waals surface area contributed by atoms with Gasteiger partial charge in [0.15, 0.2) is 0 Å². The van der Waals surface area contributed by atoms with Crippen molar-refractivity contribution in [3.8, 4) is 0 Å². The van der Waals surface area contributed by atoms with Crippen LogP contribution in [0.4, 0.5) is 0 Å². The lowest BCUT2D eigenvalue weighted by Crippen LogP contribution is -2.35. The molecule has 1 aromatic carbocycles. The van der Waals surface area contributed by atoms with Gasteiger partial charge in [0.1, 0.15) is 18.3 Å². The van der Waals surface area contributed by atoms with Crippen LogP contribution < -0.4 is 0 Å². The first-order valence-electron chi connectivity index (χ1n) is 5.45. The van der Waals surface area contributed by atoms with E-state index in [-0.39, 0.29) is 6.61 Å². The molecule has 0 aliphatic carbocycles. The summed E-state index contributed by atoms with van der Waals surface area (Å²) in [4.78, 5) is 0. The quantitative estimate of drug-likeness (QED) is 0.610. The van der Waals surface area contributed by atoms with Gasteiger partial charge in [0.25, 0.3) is 0 Å². The fourth-order valence-electron chi connectivity index (χ4n) is 1.47. The van der Waals surface area contributed by atoms with Gasteiger partial charge in [0, 0.05) is 0 Å². The van der Waals surface area contributed by atoms with E-state index in [1.54, 1.807) is 6.08 Å². The molecule has 17 heavy (non-hydrogen) atoms. The van der Waals surface area contributed by atoms with E-state index in [0.29, 0.717) is 0 Å². The molecule has 0 aromatic heterocycles. The minimum absolute atomic E-state index is 0.362. The van der Waals surface area contributed by atoms with Crippen molar-refractivity contribution in [1.29, 1.82) is 0 Å². The molecule has 0 spiro atoms. The van der Waals surface area contributed by atoms with Gasteiger partial charge in [-0.05, 0) is 5.56 Å². The Balaban J connectivity index is 2.72. The van der Waals surface area contributed by atoms with Gasteiger partial charge in [0.2, 0.25) is 0 Å². The van der Waals surface area contributed by atoms with Gasteiger partial charge in [-0.2, -0.15) is 0 Å². The minimum atomic E-state index is -1.11. The number of benzene rings is 1. The fraction of sp³-hybridized carbons (Fsp3) is 0.385. The predicted molar refractivity (Wildman–Crippen MR) is 64.4 cm³/mol. The van der Waals surface area contributed by atoms with E-state index in [4.69, 9.17) is 14.9 Å². The zero-order chi connectivity index (χ0) is 12.7. The van der Waals surface area contributed by atoms with Crippen molar-refractivity contribution < 1.29 is 20.1 Å². The highest BCUT2D eigenvalue weighted by molar-refractivity contribution is 5.20. The lowest BCUT2D eigenvalue weighted by Gasteiger charge is -2.24. The molecule has 0 aliphatic heterocycles. The van der Waals surface area contributed by atoms with Crippen molar-refractivity contribution in [3.63, 3.8) is 0 Å². The first-order chi connectivity index (χ1) is 8.22. The second kappa shape index (κ2) is 7.19. The molecule has 3 atom stereocenters. The van der Waals surface area contributed by atoms with E-state index in [0.717, 1.165) is 5.56 Å². The molecule has 0 aliphatic rings. The third kappa shape index (κ3) is 3.94. The van der Waals surface area contributed by atoms with E-state index in [9.17, 15) is 5.11 Å². The van der Waals surface area contributed by atoms with Gasteiger partial charge >= 0.3 is 0 Å². The van der Waals surface area contributed by atoms with Gasteiger partial charge in [-0.1, -0.05) is 36.4 Å². The van der Waals surface area contributed by atoms with Gasteiger partial charge < -0.3 is 20.1 Å². The molecule has 0 radical (unpaired) electrons. The molecule has 0 fully saturated rings. The minimum Gasteiger partial charge on any atom is -0.394 e. The van der Waals surface area contributed by atoms with Crippen molar-refractivity contribution in [2.45, 2.75) is 18.3 Å². The molecule has 1 rings (SSSR count). The van der Waals surface area contributed by atoms with Crippen LogP contribution in [0, 0.1) is 0 Å². The van der Waals surface area contributed by atoms with Crippen LogP contribution in [0.3, 0.4) is 0 Å². The summed E-state index contributed by atoms with van der Waals surface area (Å²) in [6, 6.07) is 9.35. The Bertz CT molecular complexity index is 325. The second-order valence-electron chi connectivity index (χ2n) is 3.67. The topological polar surface area (TPSA) is 69.9 Å².